The van der Waals surface area contributed by atoms with E-state index in [0.717, 1.165) is 41.2 Å². The van der Waals surface area contributed by atoms with Crippen molar-refractivity contribution in [1.29, 1.82) is 0 Å². The first kappa shape index (κ1) is 18.8. The number of anilines is 1. The Kier molecular flexibility index (Phi) is 5.26. The Balaban J connectivity index is 1.49. The van der Waals surface area contributed by atoms with Crippen LogP contribution in [0.15, 0.2) is 23.6 Å². The van der Waals surface area contributed by atoms with Crippen molar-refractivity contribution in [3.63, 3.8) is 0 Å². The van der Waals surface area contributed by atoms with Crippen molar-refractivity contribution in [3.8, 4) is 5.75 Å². The molecule has 0 unspecified atom stereocenters. The number of fused-ring (bicyclic) bond motifs is 3. The zero-order chi connectivity index (χ0) is 19.7. The van der Waals surface area contributed by atoms with Crippen molar-refractivity contribution in [2.45, 2.75) is 33.2 Å². The lowest BCUT2D eigenvalue weighted by Gasteiger charge is -2.26. The van der Waals surface area contributed by atoms with Gasteiger partial charge in [-0.2, -0.15) is 0 Å². The van der Waals surface area contributed by atoms with Crippen LogP contribution in [0.25, 0.3) is 10.9 Å². The molecule has 0 bridgehead atoms. The van der Waals surface area contributed by atoms with E-state index in [9.17, 15) is 4.79 Å². The Labute approximate surface area is 168 Å². The maximum atomic E-state index is 13.0. The molecule has 0 saturated carbocycles. The van der Waals surface area contributed by atoms with Crippen LogP contribution in [-0.4, -0.2) is 41.0 Å². The van der Waals surface area contributed by atoms with Gasteiger partial charge in [-0.15, -0.1) is 11.3 Å². The van der Waals surface area contributed by atoms with Gasteiger partial charge in [0.15, 0.2) is 5.13 Å². The number of benzene rings is 1. The highest BCUT2D eigenvalue weighted by Crippen LogP contribution is 2.31. The molecular formula is C21H26N4O2S. The number of nitrogens with one attached hydrogen (secondary N) is 2. The molecular weight excluding hydrogens is 372 g/mol. The monoisotopic (exact) mass is 398 g/mol. The summed E-state index contributed by atoms with van der Waals surface area (Å²) >= 11 is 1.50. The molecule has 28 heavy (non-hydrogen) atoms. The second-order valence-electron chi connectivity index (χ2n) is 7.62. The number of ether oxygens (including phenoxy) is 1. The first-order chi connectivity index (χ1) is 13.5. The minimum atomic E-state index is -0.00365. The summed E-state index contributed by atoms with van der Waals surface area (Å²) in [4.78, 5) is 22.9. The summed E-state index contributed by atoms with van der Waals surface area (Å²) in [7, 11) is 1.67. The molecule has 0 fully saturated rings. The molecule has 0 radical (unpaired) electrons. The normalized spacial score (nSPS) is 13.8. The zero-order valence-electron chi connectivity index (χ0n) is 16.5. The predicted molar refractivity (Wildman–Crippen MR) is 113 cm³/mol. The fraction of sp³-hybridized carbons (Fsp3) is 0.429. The largest absolute Gasteiger partial charge is 0.497 e. The van der Waals surface area contributed by atoms with Gasteiger partial charge in [0.2, 0.25) is 0 Å². The maximum absolute atomic E-state index is 13.0. The fourth-order valence-electron chi connectivity index (χ4n) is 3.58. The molecule has 0 spiro atoms. The van der Waals surface area contributed by atoms with Crippen LogP contribution in [0.3, 0.4) is 0 Å². The zero-order valence-corrected chi connectivity index (χ0v) is 17.4. The number of hydrogen-bond acceptors (Lipinski definition) is 5. The Bertz CT molecular complexity index is 992. The Morgan fingerprint density at radius 1 is 1.43 bits per heavy atom. The topological polar surface area (TPSA) is 70.2 Å². The number of amides is 1. The van der Waals surface area contributed by atoms with E-state index in [0.29, 0.717) is 24.7 Å². The number of aromatic nitrogens is 2. The van der Waals surface area contributed by atoms with Crippen molar-refractivity contribution in [2.24, 2.45) is 5.92 Å². The highest BCUT2D eigenvalue weighted by Gasteiger charge is 2.26. The summed E-state index contributed by atoms with van der Waals surface area (Å²) in [5.74, 6) is 1.47. The first-order valence-electron chi connectivity index (χ1n) is 9.71. The number of hydrogen-bond donors (Lipinski definition) is 2. The Hall–Kier alpha value is -2.54. The van der Waals surface area contributed by atoms with E-state index >= 15 is 0 Å². The van der Waals surface area contributed by atoms with Gasteiger partial charge in [-0.05, 0) is 30.5 Å². The number of rotatable bonds is 6. The van der Waals surface area contributed by atoms with Gasteiger partial charge >= 0.3 is 0 Å². The van der Waals surface area contributed by atoms with Crippen molar-refractivity contribution >= 4 is 33.3 Å². The minimum absolute atomic E-state index is 0.00365. The molecule has 3 aromatic rings. The number of thiazole rings is 1. The molecule has 7 heteroatoms. The molecule has 2 aromatic heterocycles. The van der Waals surface area contributed by atoms with Gasteiger partial charge in [0, 0.05) is 53.6 Å². The van der Waals surface area contributed by atoms with E-state index in [1.807, 2.05) is 28.5 Å². The van der Waals surface area contributed by atoms with Crippen molar-refractivity contribution in [3.05, 3.63) is 40.5 Å². The lowest BCUT2D eigenvalue weighted by Crippen LogP contribution is -2.36. The van der Waals surface area contributed by atoms with Gasteiger partial charge in [0.05, 0.1) is 7.11 Å². The van der Waals surface area contributed by atoms with E-state index < -0.39 is 0 Å². The number of carbonyl (C=O) groups excluding carboxylic acids is 1. The number of H-pyrrole nitrogens is 1. The summed E-state index contributed by atoms with van der Waals surface area (Å²) < 4.78 is 5.37. The molecule has 1 aliphatic heterocycles. The smallest absolute Gasteiger partial charge is 0.273 e. The summed E-state index contributed by atoms with van der Waals surface area (Å²) in [6.45, 7) is 6.56. The molecule has 2 N–H and O–H groups in total. The Morgan fingerprint density at radius 3 is 3.07 bits per heavy atom. The molecule has 0 saturated heterocycles. The van der Waals surface area contributed by atoms with E-state index in [-0.39, 0.29) is 5.91 Å². The molecule has 3 heterocycles. The highest BCUT2D eigenvalue weighted by molar-refractivity contribution is 7.13. The van der Waals surface area contributed by atoms with E-state index in [1.165, 1.54) is 22.6 Å². The number of nitrogens with zero attached hydrogens (tertiary/aromatic N) is 2. The number of carbonyl (C=O) groups is 1. The standard InChI is InChI=1S/C21H26N4O2S/c1-13(2)6-8-22-21-24-19(12-28-21)20(26)25-9-7-18-16(11-25)15-10-14(27-3)4-5-17(15)23-18/h4-5,10,12-13,23H,6-9,11H2,1-3H3,(H,22,24). The predicted octanol–water partition coefficient (Wildman–Crippen LogP) is 4.29. The first-order valence-corrected chi connectivity index (χ1v) is 10.6. The third-order valence-corrected chi connectivity index (χ3v) is 5.99. The highest BCUT2D eigenvalue weighted by atomic mass is 32.1. The van der Waals surface area contributed by atoms with Gasteiger partial charge in [-0.3, -0.25) is 4.79 Å². The molecule has 0 atom stereocenters. The van der Waals surface area contributed by atoms with Crippen molar-refractivity contribution < 1.29 is 9.53 Å². The summed E-state index contributed by atoms with van der Waals surface area (Å²) in [6, 6.07) is 6.03. The molecule has 1 aliphatic rings. The van der Waals surface area contributed by atoms with Gasteiger partial charge in [-0.1, -0.05) is 13.8 Å². The van der Waals surface area contributed by atoms with Crippen LogP contribution in [0.5, 0.6) is 5.75 Å². The number of methoxy groups -OCH3 is 1. The average Bonchev–Trinajstić information content (AvgIpc) is 3.30. The van der Waals surface area contributed by atoms with Crippen LogP contribution >= 0.6 is 11.3 Å². The minimum Gasteiger partial charge on any atom is -0.497 e. The lowest BCUT2D eigenvalue weighted by atomic mass is 10.0. The molecule has 1 amide bonds. The lowest BCUT2D eigenvalue weighted by molar-refractivity contribution is 0.0730. The summed E-state index contributed by atoms with van der Waals surface area (Å²) in [5.41, 5.74) is 4.00. The van der Waals surface area contributed by atoms with E-state index in [2.05, 4.69) is 29.1 Å². The molecule has 1 aromatic carbocycles. The second kappa shape index (κ2) is 7.83. The van der Waals surface area contributed by atoms with Crippen molar-refractivity contribution in [2.75, 3.05) is 25.5 Å². The van der Waals surface area contributed by atoms with E-state index in [1.54, 1.807) is 7.11 Å². The SMILES string of the molecule is COc1ccc2[nH]c3c(c2c1)CN(C(=O)c1csc(NCCC(C)C)n1)CC3. The van der Waals surface area contributed by atoms with Gasteiger partial charge in [-0.25, -0.2) is 4.98 Å². The summed E-state index contributed by atoms with van der Waals surface area (Å²) in [6.07, 6.45) is 1.91. The molecule has 6 nitrogen and oxygen atoms in total. The maximum Gasteiger partial charge on any atom is 0.273 e. The molecule has 4 rings (SSSR count). The Morgan fingerprint density at radius 2 is 2.29 bits per heavy atom. The number of aromatic amines is 1. The van der Waals surface area contributed by atoms with Crippen molar-refractivity contribution in [1.82, 2.24) is 14.9 Å². The van der Waals surface area contributed by atoms with Gasteiger partial charge in [0.25, 0.3) is 5.91 Å². The van der Waals surface area contributed by atoms with E-state index in [4.69, 9.17) is 4.74 Å². The van der Waals surface area contributed by atoms with Crippen LogP contribution in [-0.2, 0) is 13.0 Å². The van der Waals surface area contributed by atoms with Crippen LogP contribution < -0.4 is 10.1 Å². The van der Waals surface area contributed by atoms with Crippen LogP contribution in [0.1, 0.15) is 42.0 Å². The van der Waals surface area contributed by atoms with Crippen LogP contribution in [0.4, 0.5) is 5.13 Å². The second-order valence-corrected chi connectivity index (χ2v) is 8.48. The third kappa shape index (κ3) is 3.71. The quantitative estimate of drug-likeness (QED) is 0.650. The molecule has 0 aliphatic carbocycles. The third-order valence-electron chi connectivity index (χ3n) is 5.19. The van der Waals surface area contributed by atoms with Crippen LogP contribution in [0.2, 0.25) is 0 Å². The van der Waals surface area contributed by atoms with Crippen LogP contribution in [0, 0.1) is 5.92 Å². The van der Waals surface area contributed by atoms with Gasteiger partial charge in [0.1, 0.15) is 11.4 Å². The summed E-state index contributed by atoms with van der Waals surface area (Å²) in [5, 5.41) is 7.12. The average molecular weight is 399 g/mol. The van der Waals surface area contributed by atoms with Gasteiger partial charge < -0.3 is 19.9 Å². The fourth-order valence-corrected chi connectivity index (χ4v) is 4.29. The molecule has 148 valence electrons.